The average molecular weight is 233 g/mol. The van der Waals surface area contributed by atoms with Crippen LogP contribution in [0.1, 0.15) is 27.4 Å². The largest absolute Gasteiger partial charge is 0.293 e. The van der Waals surface area contributed by atoms with E-state index in [-0.39, 0.29) is 11.7 Å². The van der Waals surface area contributed by atoms with Crippen LogP contribution in [0.5, 0.6) is 0 Å². The molecule has 0 aliphatic heterocycles. The monoisotopic (exact) mass is 233 g/mol. The molecule has 18 heavy (non-hydrogen) atoms. The molecule has 0 amide bonds. The topological polar surface area (TPSA) is 40.9 Å². The molecule has 0 spiro atoms. The lowest BCUT2D eigenvalue weighted by Crippen LogP contribution is -2.12. The van der Waals surface area contributed by atoms with Crippen molar-refractivity contribution in [2.45, 2.75) is 5.92 Å². The Morgan fingerprint density at radius 2 is 1.61 bits per heavy atom. The molecule has 1 aliphatic carbocycles. The van der Waals surface area contributed by atoms with E-state index in [1.54, 1.807) is 0 Å². The Kier molecular flexibility index (Phi) is 2.46. The van der Waals surface area contributed by atoms with E-state index in [1.807, 2.05) is 54.6 Å². The first-order valence-corrected chi connectivity index (χ1v) is 5.90. The molecule has 2 atom stereocenters. The fraction of sp³-hybridized carbons (Fsp3) is 0.125. The smallest absolute Gasteiger partial charge is 0.181 e. The maximum atomic E-state index is 12.2. The highest BCUT2D eigenvalue weighted by Crippen LogP contribution is 2.41. The quantitative estimate of drug-likeness (QED) is 0.759. The number of benzene rings is 2. The van der Waals surface area contributed by atoms with Gasteiger partial charge < -0.3 is 0 Å². The van der Waals surface area contributed by atoms with E-state index in [0.29, 0.717) is 5.56 Å². The molecule has 2 aromatic rings. The molecule has 0 bridgehead atoms. The second-order valence-corrected chi connectivity index (χ2v) is 4.45. The van der Waals surface area contributed by atoms with Gasteiger partial charge in [-0.2, -0.15) is 5.26 Å². The fourth-order valence-electron chi connectivity index (χ4n) is 2.66. The van der Waals surface area contributed by atoms with Crippen molar-refractivity contribution in [1.82, 2.24) is 0 Å². The first-order valence-electron chi connectivity index (χ1n) is 5.90. The van der Waals surface area contributed by atoms with E-state index in [2.05, 4.69) is 6.07 Å². The Morgan fingerprint density at radius 3 is 2.33 bits per heavy atom. The van der Waals surface area contributed by atoms with Gasteiger partial charge in [0, 0.05) is 11.5 Å². The number of hydrogen-bond acceptors (Lipinski definition) is 2. The van der Waals surface area contributed by atoms with E-state index in [4.69, 9.17) is 0 Å². The number of hydrogen-bond donors (Lipinski definition) is 0. The summed E-state index contributed by atoms with van der Waals surface area (Å²) in [5, 5.41) is 9.27. The number of carbonyl (C=O) groups excluding carboxylic acids is 1. The van der Waals surface area contributed by atoms with Crippen LogP contribution in [0, 0.1) is 17.2 Å². The van der Waals surface area contributed by atoms with Crippen molar-refractivity contribution in [2.75, 3.05) is 0 Å². The predicted octanol–water partition coefficient (Wildman–Crippen LogP) is 3.15. The molecule has 0 saturated heterocycles. The van der Waals surface area contributed by atoms with Gasteiger partial charge in [-0.1, -0.05) is 54.6 Å². The number of Topliss-reactive ketones (excluding diaryl/α,β-unsaturated/α-hetero) is 1. The maximum absolute atomic E-state index is 12.2. The molecule has 1 aliphatic rings. The molecule has 86 valence electrons. The summed E-state index contributed by atoms with van der Waals surface area (Å²) >= 11 is 0. The first kappa shape index (κ1) is 10.7. The fourth-order valence-corrected chi connectivity index (χ4v) is 2.66. The molecule has 0 unspecified atom stereocenters. The summed E-state index contributed by atoms with van der Waals surface area (Å²) in [6, 6.07) is 19.5. The van der Waals surface area contributed by atoms with Crippen molar-refractivity contribution < 1.29 is 4.79 Å². The number of rotatable bonds is 1. The van der Waals surface area contributed by atoms with Crippen LogP contribution in [0.2, 0.25) is 0 Å². The number of ketones is 1. The Labute approximate surface area is 105 Å². The molecule has 2 heteroatoms. The summed E-state index contributed by atoms with van der Waals surface area (Å²) in [6.45, 7) is 0. The van der Waals surface area contributed by atoms with Crippen LogP contribution < -0.4 is 0 Å². The van der Waals surface area contributed by atoms with E-state index in [9.17, 15) is 10.1 Å². The van der Waals surface area contributed by atoms with E-state index < -0.39 is 5.92 Å². The van der Waals surface area contributed by atoms with Crippen LogP contribution in [0.3, 0.4) is 0 Å². The number of nitriles is 1. The van der Waals surface area contributed by atoms with Gasteiger partial charge in [0.25, 0.3) is 0 Å². The standard InChI is InChI=1S/C16H11NO/c17-10-14-15(11-6-2-1-3-7-11)12-8-4-5-9-13(12)16(14)18/h1-9,14-15H/t14-,15+/m1/s1. The number of nitrogens with zero attached hydrogens (tertiary/aromatic N) is 1. The number of fused-ring (bicyclic) bond motifs is 1. The Hall–Kier alpha value is -2.40. The highest BCUT2D eigenvalue weighted by atomic mass is 16.1. The zero-order chi connectivity index (χ0) is 12.5. The molecular formula is C16H11NO. The second-order valence-electron chi connectivity index (χ2n) is 4.45. The van der Waals surface area contributed by atoms with Gasteiger partial charge in [0.2, 0.25) is 0 Å². The van der Waals surface area contributed by atoms with Crippen LogP contribution in [-0.4, -0.2) is 5.78 Å². The Bertz CT molecular complexity index is 640. The van der Waals surface area contributed by atoms with E-state index in [0.717, 1.165) is 11.1 Å². The average Bonchev–Trinajstić information content (AvgIpc) is 2.73. The molecule has 0 aromatic heterocycles. The Morgan fingerprint density at radius 1 is 0.944 bits per heavy atom. The van der Waals surface area contributed by atoms with Crippen LogP contribution in [0.15, 0.2) is 54.6 Å². The summed E-state index contributed by atoms with van der Waals surface area (Å²) in [7, 11) is 0. The van der Waals surface area contributed by atoms with E-state index in [1.165, 1.54) is 0 Å². The van der Waals surface area contributed by atoms with Crippen LogP contribution in [0.4, 0.5) is 0 Å². The third-order valence-electron chi connectivity index (χ3n) is 3.47. The van der Waals surface area contributed by atoms with Gasteiger partial charge in [-0.3, -0.25) is 4.79 Å². The minimum atomic E-state index is -0.593. The van der Waals surface area contributed by atoms with Gasteiger partial charge in [0.15, 0.2) is 5.78 Å². The minimum absolute atomic E-state index is 0.0537. The lowest BCUT2D eigenvalue weighted by atomic mass is 9.86. The predicted molar refractivity (Wildman–Crippen MR) is 68.2 cm³/mol. The van der Waals surface area contributed by atoms with Crippen LogP contribution in [0.25, 0.3) is 0 Å². The summed E-state index contributed by atoms with van der Waals surface area (Å²) < 4.78 is 0. The SMILES string of the molecule is N#C[C@H]1C(=O)c2ccccc2[C@@H]1c1ccccc1. The minimum Gasteiger partial charge on any atom is -0.293 e. The van der Waals surface area contributed by atoms with Crippen molar-refractivity contribution in [3.63, 3.8) is 0 Å². The molecule has 3 rings (SSSR count). The molecule has 0 saturated carbocycles. The zero-order valence-electron chi connectivity index (χ0n) is 9.71. The van der Waals surface area contributed by atoms with Crippen molar-refractivity contribution in [2.24, 2.45) is 5.92 Å². The lowest BCUT2D eigenvalue weighted by Gasteiger charge is -2.14. The molecule has 0 fully saturated rings. The molecule has 0 radical (unpaired) electrons. The summed E-state index contributed by atoms with van der Waals surface area (Å²) in [6.07, 6.45) is 0. The van der Waals surface area contributed by atoms with Crippen LogP contribution >= 0.6 is 0 Å². The number of carbonyl (C=O) groups is 1. The Balaban J connectivity index is 2.20. The molecule has 0 heterocycles. The van der Waals surface area contributed by atoms with Crippen molar-refractivity contribution in [1.29, 1.82) is 5.26 Å². The summed E-state index contributed by atoms with van der Waals surface area (Å²) in [5.41, 5.74) is 2.69. The third kappa shape index (κ3) is 1.45. The van der Waals surface area contributed by atoms with Gasteiger partial charge in [0.05, 0.1) is 6.07 Å². The third-order valence-corrected chi connectivity index (χ3v) is 3.47. The van der Waals surface area contributed by atoms with E-state index >= 15 is 0 Å². The lowest BCUT2D eigenvalue weighted by molar-refractivity contribution is 0.0958. The second kappa shape index (κ2) is 4.12. The van der Waals surface area contributed by atoms with Gasteiger partial charge in [0.1, 0.15) is 5.92 Å². The summed E-state index contributed by atoms with van der Waals surface area (Å²) in [5.74, 6) is -0.772. The normalized spacial score (nSPS) is 21.4. The van der Waals surface area contributed by atoms with Crippen molar-refractivity contribution in [3.8, 4) is 6.07 Å². The van der Waals surface area contributed by atoms with Crippen molar-refractivity contribution >= 4 is 5.78 Å². The molecular weight excluding hydrogens is 222 g/mol. The zero-order valence-corrected chi connectivity index (χ0v) is 9.71. The highest BCUT2D eigenvalue weighted by molar-refractivity contribution is 6.05. The molecule has 2 aromatic carbocycles. The van der Waals surface area contributed by atoms with Crippen LogP contribution in [-0.2, 0) is 0 Å². The van der Waals surface area contributed by atoms with Crippen molar-refractivity contribution in [3.05, 3.63) is 71.3 Å². The summed E-state index contributed by atoms with van der Waals surface area (Å²) in [4.78, 5) is 12.2. The van der Waals surface area contributed by atoms with Gasteiger partial charge in [-0.05, 0) is 11.1 Å². The first-order chi connectivity index (χ1) is 8.83. The van der Waals surface area contributed by atoms with Gasteiger partial charge in [-0.25, -0.2) is 0 Å². The van der Waals surface area contributed by atoms with Gasteiger partial charge >= 0.3 is 0 Å². The van der Waals surface area contributed by atoms with Gasteiger partial charge in [-0.15, -0.1) is 0 Å². The molecule has 2 nitrogen and oxygen atoms in total. The molecule has 0 N–H and O–H groups in total. The highest BCUT2D eigenvalue weighted by Gasteiger charge is 2.40. The maximum Gasteiger partial charge on any atom is 0.181 e.